The molecule has 2 aliphatic rings. The molecule has 0 saturated heterocycles. The van der Waals surface area contributed by atoms with Crippen molar-refractivity contribution in [3.63, 3.8) is 0 Å². The third-order valence-corrected chi connectivity index (χ3v) is 6.19. The Bertz CT molecular complexity index is 811. The molecule has 1 N–H and O–H groups in total. The lowest BCUT2D eigenvalue weighted by molar-refractivity contribution is 0.0961. The van der Waals surface area contributed by atoms with Crippen LogP contribution in [-0.2, 0) is 5.41 Å². The molecule has 1 aromatic carbocycles. The summed E-state index contributed by atoms with van der Waals surface area (Å²) in [6.07, 6.45) is 4.81. The number of hydrogen-bond donors (Lipinski definition) is 1. The molecule has 2 unspecified atom stereocenters. The Morgan fingerprint density at radius 3 is 2.78 bits per heavy atom. The van der Waals surface area contributed by atoms with Gasteiger partial charge in [-0.05, 0) is 47.2 Å². The van der Waals surface area contributed by atoms with Gasteiger partial charge < -0.3 is 14.6 Å². The first kappa shape index (κ1) is 15.1. The fourth-order valence-corrected chi connectivity index (χ4v) is 4.97. The van der Waals surface area contributed by atoms with Crippen molar-refractivity contribution in [1.82, 2.24) is 5.32 Å². The zero-order valence-corrected chi connectivity index (χ0v) is 15.3. The van der Waals surface area contributed by atoms with Crippen molar-refractivity contribution in [3.05, 3.63) is 27.9 Å². The van der Waals surface area contributed by atoms with Crippen molar-refractivity contribution in [2.45, 2.75) is 31.1 Å². The van der Waals surface area contributed by atoms with Crippen LogP contribution in [0.3, 0.4) is 0 Å². The van der Waals surface area contributed by atoms with Crippen molar-refractivity contribution in [2.75, 3.05) is 26.0 Å². The summed E-state index contributed by atoms with van der Waals surface area (Å²) < 4.78 is 7.26. The Labute approximate surface area is 144 Å². The SMILES string of the molecule is CNC(=O)c1c(C23CCCC2C3)oc2cc(N(C)C)c(Br)cc12. The average molecular weight is 377 g/mol. The summed E-state index contributed by atoms with van der Waals surface area (Å²) in [5, 5.41) is 3.70. The molecule has 23 heavy (non-hydrogen) atoms. The molecule has 1 amide bonds. The third kappa shape index (κ3) is 2.05. The highest BCUT2D eigenvalue weighted by Crippen LogP contribution is 2.65. The van der Waals surface area contributed by atoms with Crippen LogP contribution in [0.4, 0.5) is 5.69 Å². The van der Waals surface area contributed by atoms with Gasteiger partial charge in [0.15, 0.2) is 0 Å². The number of nitrogens with zero attached hydrogens (tertiary/aromatic N) is 1. The molecular weight excluding hydrogens is 356 g/mol. The highest BCUT2D eigenvalue weighted by atomic mass is 79.9. The van der Waals surface area contributed by atoms with E-state index in [1.807, 2.05) is 31.1 Å². The minimum Gasteiger partial charge on any atom is -0.460 e. The summed E-state index contributed by atoms with van der Waals surface area (Å²) in [5.74, 6) is 1.57. The smallest absolute Gasteiger partial charge is 0.255 e. The molecule has 4 rings (SSSR count). The van der Waals surface area contributed by atoms with Crippen LogP contribution in [0.2, 0.25) is 0 Å². The van der Waals surface area contributed by atoms with Crippen LogP contribution in [0.5, 0.6) is 0 Å². The van der Waals surface area contributed by atoms with Crippen LogP contribution in [0, 0.1) is 5.92 Å². The van der Waals surface area contributed by atoms with E-state index in [-0.39, 0.29) is 11.3 Å². The van der Waals surface area contributed by atoms with Crippen LogP contribution < -0.4 is 10.2 Å². The van der Waals surface area contributed by atoms with Gasteiger partial charge in [-0.15, -0.1) is 0 Å². The molecular formula is C18H21BrN2O2. The minimum atomic E-state index is -0.0461. The van der Waals surface area contributed by atoms with E-state index in [9.17, 15) is 4.79 Å². The molecule has 0 spiro atoms. The van der Waals surface area contributed by atoms with Gasteiger partial charge in [0.05, 0.1) is 11.3 Å². The van der Waals surface area contributed by atoms with Crippen LogP contribution in [0.25, 0.3) is 11.0 Å². The zero-order chi connectivity index (χ0) is 16.4. The standard InChI is InChI=1S/C18H21BrN2O2/c1-20-17(22)15-11-7-12(19)13(21(2)3)8-14(11)23-16(15)18-6-4-5-10(18)9-18/h7-8,10H,4-6,9H2,1-3H3,(H,20,22). The maximum atomic E-state index is 12.6. The van der Waals surface area contributed by atoms with Crippen molar-refractivity contribution in [1.29, 1.82) is 0 Å². The molecule has 1 aromatic heterocycles. The minimum absolute atomic E-state index is 0.0461. The lowest BCUT2D eigenvalue weighted by Crippen LogP contribution is -2.21. The summed E-state index contributed by atoms with van der Waals surface area (Å²) in [6, 6.07) is 4.05. The van der Waals surface area contributed by atoms with Gasteiger partial charge in [-0.25, -0.2) is 0 Å². The van der Waals surface area contributed by atoms with Gasteiger partial charge in [-0.1, -0.05) is 6.42 Å². The van der Waals surface area contributed by atoms with Gasteiger partial charge in [0.2, 0.25) is 0 Å². The van der Waals surface area contributed by atoms with E-state index in [4.69, 9.17) is 4.42 Å². The average Bonchev–Trinajstić information content (AvgIpc) is 2.90. The second-order valence-corrected chi connectivity index (χ2v) is 7.88. The van der Waals surface area contributed by atoms with E-state index in [0.29, 0.717) is 5.92 Å². The number of benzene rings is 1. The zero-order valence-electron chi connectivity index (χ0n) is 13.7. The summed E-state index contributed by atoms with van der Waals surface area (Å²) in [6.45, 7) is 0. The normalized spacial score (nSPS) is 25.5. The molecule has 2 atom stereocenters. The molecule has 5 heteroatoms. The molecule has 1 heterocycles. The maximum Gasteiger partial charge on any atom is 0.255 e. The fourth-order valence-electron chi connectivity index (χ4n) is 4.27. The topological polar surface area (TPSA) is 45.5 Å². The molecule has 2 saturated carbocycles. The van der Waals surface area contributed by atoms with Gasteiger partial charge in [0.1, 0.15) is 11.3 Å². The first-order chi connectivity index (χ1) is 11.0. The largest absolute Gasteiger partial charge is 0.460 e. The lowest BCUT2D eigenvalue weighted by atomic mass is 9.95. The fraction of sp³-hybridized carbons (Fsp3) is 0.500. The highest BCUT2D eigenvalue weighted by molar-refractivity contribution is 9.10. The van der Waals surface area contributed by atoms with E-state index in [1.54, 1.807) is 7.05 Å². The van der Waals surface area contributed by atoms with E-state index < -0.39 is 0 Å². The number of carbonyl (C=O) groups excluding carboxylic acids is 1. The van der Waals surface area contributed by atoms with Crippen molar-refractivity contribution >= 4 is 38.5 Å². The van der Waals surface area contributed by atoms with Crippen LogP contribution in [-0.4, -0.2) is 27.1 Å². The summed E-state index contributed by atoms with van der Waals surface area (Å²) in [7, 11) is 5.69. The van der Waals surface area contributed by atoms with Crippen LogP contribution in [0.1, 0.15) is 41.8 Å². The number of rotatable bonds is 3. The number of hydrogen-bond acceptors (Lipinski definition) is 3. The van der Waals surface area contributed by atoms with Gasteiger partial charge in [0, 0.05) is 42.5 Å². The summed E-state index contributed by atoms with van der Waals surface area (Å²) in [5.41, 5.74) is 2.71. The first-order valence-corrected chi connectivity index (χ1v) is 8.93. The molecule has 2 aliphatic carbocycles. The van der Waals surface area contributed by atoms with Crippen molar-refractivity contribution in [2.24, 2.45) is 5.92 Å². The number of halogens is 1. The second kappa shape index (κ2) is 5.00. The maximum absolute atomic E-state index is 12.6. The number of anilines is 1. The number of nitrogens with one attached hydrogen (secondary N) is 1. The number of furan rings is 1. The number of fused-ring (bicyclic) bond motifs is 2. The predicted octanol–water partition coefficient (Wildman–Crippen LogP) is 4.06. The van der Waals surface area contributed by atoms with Gasteiger partial charge in [-0.2, -0.15) is 0 Å². The Balaban J connectivity index is 1.97. The summed E-state index contributed by atoms with van der Waals surface area (Å²) in [4.78, 5) is 14.6. The van der Waals surface area contributed by atoms with E-state index >= 15 is 0 Å². The predicted molar refractivity (Wildman–Crippen MR) is 95.3 cm³/mol. The van der Waals surface area contributed by atoms with Gasteiger partial charge >= 0.3 is 0 Å². The van der Waals surface area contributed by atoms with Crippen LogP contribution in [0.15, 0.2) is 21.0 Å². The monoisotopic (exact) mass is 376 g/mol. The molecule has 122 valence electrons. The van der Waals surface area contributed by atoms with Gasteiger partial charge in [-0.3, -0.25) is 4.79 Å². The quantitative estimate of drug-likeness (QED) is 0.878. The Hall–Kier alpha value is -1.49. The second-order valence-electron chi connectivity index (χ2n) is 7.03. The van der Waals surface area contributed by atoms with Crippen LogP contribution >= 0.6 is 15.9 Å². The Morgan fingerprint density at radius 2 is 2.22 bits per heavy atom. The number of carbonyl (C=O) groups is 1. The molecule has 0 bridgehead atoms. The number of amides is 1. The van der Waals surface area contributed by atoms with E-state index in [2.05, 4.69) is 21.2 Å². The van der Waals surface area contributed by atoms with Crippen molar-refractivity contribution < 1.29 is 9.21 Å². The summed E-state index contributed by atoms with van der Waals surface area (Å²) >= 11 is 3.62. The first-order valence-electron chi connectivity index (χ1n) is 8.14. The highest BCUT2D eigenvalue weighted by Gasteiger charge is 2.61. The lowest BCUT2D eigenvalue weighted by Gasteiger charge is -2.14. The molecule has 2 fully saturated rings. The van der Waals surface area contributed by atoms with E-state index in [0.717, 1.165) is 38.9 Å². The Morgan fingerprint density at radius 1 is 1.43 bits per heavy atom. The van der Waals surface area contributed by atoms with Crippen molar-refractivity contribution in [3.8, 4) is 0 Å². The molecule has 2 aromatic rings. The van der Waals surface area contributed by atoms with E-state index in [1.165, 1.54) is 19.3 Å². The Kier molecular flexibility index (Phi) is 3.28. The molecule has 0 radical (unpaired) electrons. The van der Waals surface area contributed by atoms with Gasteiger partial charge in [0.25, 0.3) is 5.91 Å². The molecule has 4 nitrogen and oxygen atoms in total. The third-order valence-electron chi connectivity index (χ3n) is 5.55. The molecule has 0 aliphatic heterocycles.